The first-order valence-electron chi connectivity index (χ1n) is 3.00. The Morgan fingerprint density at radius 2 is 2.45 bits per heavy atom. The number of halogens is 2. The second-order valence-corrected chi connectivity index (χ2v) is 4.03. The summed E-state index contributed by atoms with van der Waals surface area (Å²) in [5.74, 6) is 0. The first-order valence-corrected chi connectivity index (χ1v) is 4.64. The Balaban J connectivity index is 2.51. The van der Waals surface area contributed by atoms with E-state index in [1.807, 2.05) is 11.4 Å². The molecule has 0 amide bonds. The van der Waals surface area contributed by atoms with Gasteiger partial charge in [-0.25, -0.2) is 0 Å². The summed E-state index contributed by atoms with van der Waals surface area (Å²) in [5, 5.41) is 5.53. The molecule has 4 heteroatoms. The second kappa shape index (κ2) is 4.00. The largest absolute Gasteiger partial charge is 0.378 e. The smallest absolute Gasteiger partial charge is 0.116 e. The maximum Gasteiger partial charge on any atom is 0.116 e. The second-order valence-electron chi connectivity index (χ2n) is 1.98. The molecule has 1 nitrogen and oxygen atoms in total. The Morgan fingerprint density at radius 3 is 2.91 bits per heavy atom. The zero-order valence-corrected chi connectivity index (χ0v) is 8.06. The summed E-state index contributed by atoms with van der Waals surface area (Å²) < 4.78 is 0.753. The summed E-state index contributed by atoms with van der Waals surface area (Å²) in [7, 11) is 0. The molecule has 0 fully saturated rings. The van der Waals surface area contributed by atoms with E-state index in [1.165, 1.54) is 11.3 Å². The molecule has 11 heavy (non-hydrogen) atoms. The van der Waals surface area contributed by atoms with Gasteiger partial charge in [0, 0.05) is 5.03 Å². The molecule has 0 spiro atoms. The lowest BCUT2D eigenvalue weighted by Crippen LogP contribution is -1.99. The van der Waals surface area contributed by atoms with Crippen molar-refractivity contribution in [3.63, 3.8) is 0 Å². The van der Waals surface area contributed by atoms with Gasteiger partial charge in [0.2, 0.25) is 0 Å². The third-order valence-electron chi connectivity index (χ3n) is 1.09. The number of hydrogen-bond acceptors (Lipinski definition) is 2. The highest BCUT2D eigenvalue weighted by molar-refractivity contribution is 7.15. The molecule has 0 atom stereocenters. The highest BCUT2D eigenvalue weighted by Crippen LogP contribution is 2.27. The van der Waals surface area contributed by atoms with Crippen LogP contribution in [0, 0.1) is 0 Å². The van der Waals surface area contributed by atoms with Crippen LogP contribution in [0.5, 0.6) is 0 Å². The molecule has 1 aromatic heterocycles. The molecule has 0 aromatic carbocycles. The fourth-order valence-corrected chi connectivity index (χ4v) is 1.55. The van der Waals surface area contributed by atoms with E-state index in [4.69, 9.17) is 23.2 Å². The zero-order chi connectivity index (χ0) is 8.27. The van der Waals surface area contributed by atoms with Crippen LogP contribution in [-0.4, -0.2) is 6.54 Å². The van der Waals surface area contributed by atoms with Crippen LogP contribution in [0.25, 0.3) is 0 Å². The maximum atomic E-state index is 5.81. The molecule has 0 aliphatic rings. The molecule has 0 aliphatic carbocycles. The van der Waals surface area contributed by atoms with Gasteiger partial charge in [-0.1, -0.05) is 29.8 Å². The molecular formula is C7H7Cl2NS. The zero-order valence-electron chi connectivity index (χ0n) is 5.73. The van der Waals surface area contributed by atoms with Gasteiger partial charge in [-0.05, 0) is 11.4 Å². The van der Waals surface area contributed by atoms with Gasteiger partial charge in [-0.15, -0.1) is 11.3 Å². The van der Waals surface area contributed by atoms with Crippen LogP contribution in [-0.2, 0) is 0 Å². The Morgan fingerprint density at radius 1 is 1.73 bits per heavy atom. The van der Waals surface area contributed by atoms with Gasteiger partial charge in [0.15, 0.2) is 0 Å². The predicted octanol–water partition coefficient (Wildman–Crippen LogP) is 3.57. The van der Waals surface area contributed by atoms with Gasteiger partial charge in [-0.2, -0.15) is 0 Å². The van der Waals surface area contributed by atoms with Gasteiger partial charge in [0.1, 0.15) is 4.34 Å². The van der Waals surface area contributed by atoms with Crippen molar-refractivity contribution < 1.29 is 0 Å². The summed E-state index contributed by atoms with van der Waals surface area (Å²) in [6, 6.07) is 1.91. The lowest BCUT2D eigenvalue weighted by molar-refractivity contribution is 1.33. The van der Waals surface area contributed by atoms with E-state index >= 15 is 0 Å². The molecule has 1 heterocycles. The quantitative estimate of drug-likeness (QED) is 0.800. The van der Waals surface area contributed by atoms with Crippen molar-refractivity contribution in [3.05, 3.63) is 27.4 Å². The Bertz CT molecular complexity index is 257. The van der Waals surface area contributed by atoms with Crippen LogP contribution >= 0.6 is 34.5 Å². The van der Waals surface area contributed by atoms with Gasteiger partial charge < -0.3 is 5.32 Å². The van der Waals surface area contributed by atoms with Crippen molar-refractivity contribution in [1.82, 2.24) is 0 Å². The van der Waals surface area contributed by atoms with Crippen LogP contribution in [0.1, 0.15) is 0 Å². The van der Waals surface area contributed by atoms with Crippen LogP contribution in [0.3, 0.4) is 0 Å². The first kappa shape index (κ1) is 8.91. The molecule has 0 bridgehead atoms. The van der Waals surface area contributed by atoms with E-state index in [-0.39, 0.29) is 0 Å². The van der Waals surface area contributed by atoms with Crippen LogP contribution in [0.2, 0.25) is 4.34 Å². The summed E-state index contributed by atoms with van der Waals surface area (Å²) in [6.07, 6.45) is 0. The van der Waals surface area contributed by atoms with Crippen molar-refractivity contribution in [2.45, 2.75) is 0 Å². The Hall–Kier alpha value is -0.180. The molecule has 0 aliphatic heterocycles. The lowest BCUT2D eigenvalue weighted by Gasteiger charge is -2.01. The van der Waals surface area contributed by atoms with Gasteiger partial charge in [0.05, 0.1) is 12.2 Å². The van der Waals surface area contributed by atoms with Gasteiger partial charge in [-0.3, -0.25) is 0 Å². The summed E-state index contributed by atoms with van der Waals surface area (Å²) in [5.41, 5.74) is 0.915. The number of rotatable bonds is 3. The molecule has 60 valence electrons. The fraction of sp³-hybridized carbons (Fsp3) is 0.143. The molecule has 0 unspecified atom stereocenters. The van der Waals surface area contributed by atoms with Crippen LogP contribution < -0.4 is 5.32 Å². The van der Waals surface area contributed by atoms with Crippen LogP contribution in [0.4, 0.5) is 5.69 Å². The van der Waals surface area contributed by atoms with E-state index in [0.29, 0.717) is 11.6 Å². The van der Waals surface area contributed by atoms with Crippen molar-refractivity contribution in [2.24, 2.45) is 0 Å². The fourth-order valence-electron chi connectivity index (χ4n) is 0.610. The van der Waals surface area contributed by atoms with Crippen LogP contribution in [0.15, 0.2) is 23.1 Å². The molecule has 1 rings (SSSR count). The first-order chi connectivity index (χ1) is 5.20. The SMILES string of the molecule is C=C(Cl)CNc1ccsc1Cl. The van der Waals surface area contributed by atoms with E-state index in [1.54, 1.807) is 0 Å². The molecule has 1 aromatic rings. The Kier molecular flexibility index (Phi) is 3.24. The molecule has 0 radical (unpaired) electrons. The van der Waals surface area contributed by atoms with Crippen molar-refractivity contribution in [1.29, 1.82) is 0 Å². The van der Waals surface area contributed by atoms with E-state index in [0.717, 1.165) is 10.0 Å². The minimum Gasteiger partial charge on any atom is -0.378 e. The summed E-state index contributed by atoms with van der Waals surface area (Å²) >= 11 is 12.8. The number of nitrogens with one attached hydrogen (secondary N) is 1. The number of hydrogen-bond donors (Lipinski definition) is 1. The van der Waals surface area contributed by atoms with Crippen molar-refractivity contribution >= 4 is 40.2 Å². The number of anilines is 1. The average Bonchev–Trinajstić information content (AvgIpc) is 2.31. The lowest BCUT2D eigenvalue weighted by atomic mass is 10.5. The maximum absolute atomic E-state index is 5.81. The topological polar surface area (TPSA) is 12.0 Å². The predicted molar refractivity (Wildman–Crippen MR) is 52.8 cm³/mol. The third-order valence-corrected chi connectivity index (χ3v) is 2.39. The number of thiophene rings is 1. The Labute approximate surface area is 79.6 Å². The van der Waals surface area contributed by atoms with Gasteiger partial charge >= 0.3 is 0 Å². The van der Waals surface area contributed by atoms with Crippen molar-refractivity contribution in [2.75, 3.05) is 11.9 Å². The van der Waals surface area contributed by atoms with Crippen molar-refractivity contribution in [3.8, 4) is 0 Å². The summed E-state index contributed by atoms with van der Waals surface area (Å²) in [4.78, 5) is 0. The minimum atomic E-state index is 0.554. The molecular weight excluding hydrogens is 201 g/mol. The monoisotopic (exact) mass is 207 g/mol. The highest BCUT2D eigenvalue weighted by atomic mass is 35.5. The standard InChI is InChI=1S/C7H7Cl2NS/c1-5(8)4-10-6-2-3-11-7(6)9/h2-3,10H,1,4H2. The molecule has 0 saturated carbocycles. The van der Waals surface area contributed by atoms with E-state index in [9.17, 15) is 0 Å². The third kappa shape index (κ3) is 2.73. The molecule has 1 N–H and O–H groups in total. The van der Waals surface area contributed by atoms with E-state index < -0.39 is 0 Å². The normalized spacial score (nSPS) is 9.64. The summed E-state index contributed by atoms with van der Waals surface area (Å²) in [6.45, 7) is 4.10. The average molecular weight is 208 g/mol. The highest BCUT2D eigenvalue weighted by Gasteiger charge is 1.99. The molecule has 0 saturated heterocycles. The van der Waals surface area contributed by atoms with Gasteiger partial charge in [0.25, 0.3) is 0 Å². The van der Waals surface area contributed by atoms with E-state index in [2.05, 4.69) is 11.9 Å². The minimum absolute atomic E-state index is 0.554.